The Morgan fingerprint density at radius 2 is 1.81 bits per heavy atom. The molecule has 0 saturated heterocycles. The molecule has 0 saturated carbocycles. The quantitative estimate of drug-likeness (QED) is 0.608. The molecule has 1 atom stereocenters. The summed E-state index contributed by atoms with van der Waals surface area (Å²) in [7, 11) is -1.39. The van der Waals surface area contributed by atoms with Crippen LogP contribution >= 0.6 is 0 Å². The van der Waals surface area contributed by atoms with Gasteiger partial charge in [-0.15, -0.1) is 5.54 Å². The van der Waals surface area contributed by atoms with Gasteiger partial charge in [-0.3, -0.25) is 4.90 Å². The standard InChI is InChI=1S/C17H31NO2Si/c1-14(2)13-15(11-9-10-12-21(6,7)8)18(16(19)20)17(3,4)5/h9,11,14-15H,13H2,1-8H3,(H,19,20)/b11-9+/t15-/m1/s1. The molecule has 0 rings (SSSR count). The molecule has 21 heavy (non-hydrogen) atoms. The van der Waals surface area contributed by atoms with Gasteiger partial charge < -0.3 is 5.11 Å². The van der Waals surface area contributed by atoms with Gasteiger partial charge in [0, 0.05) is 5.54 Å². The van der Waals surface area contributed by atoms with Crippen LogP contribution in [0.15, 0.2) is 12.2 Å². The fourth-order valence-electron chi connectivity index (χ4n) is 2.10. The van der Waals surface area contributed by atoms with Crippen LogP contribution in [0, 0.1) is 17.4 Å². The molecule has 0 heterocycles. The number of carbonyl (C=O) groups is 1. The number of carboxylic acid groups (broad SMARTS) is 1. The van der Waals surface area contributed by atoms with E-state index in [1.54, 1.807) is 0 Å². The van der Waals surface area contributed by atoms with Crippen molar-refractivity contribution in [3.8, 4) is 11.5 Å². The van der Waals surface area contributed by atoms with Crippen molar-refractivity contribution in [3.05, 3.63) is 12.2 Å². The largest absolute Gasteiger partial charge is 0.465 e. The summed E-state index contributed by atoms with van der Waals surface area (Å²) in [5.74, 6) is 3.51. The molecular formula is C17H31NO2Si. The molecule has 0 aromatic heterocycles. The normalized spacial score (nSPS) is 14.0. The molecule has 0 aliphatic heterocycles. The zero-order valence-electron chi connectivity index (χ0n) is 14.8. The number of hydrogen-bond acceptors (Lipinski definition) is 1. The average Bonchev–Trinajstić information content (AvgIpc) is 2.19. The number of hydrogen-bond donors (Lipinski definition) is 1. The molecule has 120 valence electrons. The monoisotopic (exact) mass is 309 g/mol. The molecule has 0 aliphatic rings. The lowest BCUT2D eigenvalue weighted by molar-refractivity contribution is 0.0774. The maximum absolute atomic E-state index is 11.6. The Morgan fingerprint density at radius 3 is 2.14 bits per heavy atom. The molecule has 0 aromatic rings. The van der Waals surface area contributed by atoms with Gasteiger partial charge in [-0.05, 0) is 39.2 Å². The topological polar surface area (TPSA) is 40.5 Å². The first-order valence-corrected chi connectivity index (χ1v) is 11.1. The summed E-state index contributed by atoms with van der Waals surface area (Å²) in [6, 6.07) is -0.140. The first kappa shape index (κ1) is 19.8. The van der Waals surface area contributed by atoms with Crippen LogP contribution in [0.4, 0.5) is 4.79 Å². The van der Waals surface area contributed by atoms with E-state index in [-0.39, 0.29) is 6.04 Å². The highest BCUT2D eigenvalue weighted by molar-refractivity contribution is 6.83. The Morgan fingerprint density at radius 1 is 1.29 bits per heavy atom. The molecule has 3 nitrogen and oxygen atoms in total. The maximum atomic E-state index is 11.6. The van der Waals surface area contributed by atoms with E-state index < -0.39 is 19.7 Å². The van der Waals surface area contributed by atoms with Crippen LogP contribution in [-0.2, 0) is 0 Å². The summed E-state index contributed by atoms with van der Waals surface area (Å²) in [4.78, 5) is 13.2. The Balaban J connectivity index is 5.31. The predicted molar refractivity (Wildman–Crippen MR) is 93.1 cm³/mol. The third kappa shape index (κ3) is 8.62. The van der Waals surface area contributed by atoms with Crippen molar-refractivity contribution in [1.82, 2.24) is 4.90 Å². The molecule has 1 amide bonds. The molecule has 0 unspecified atom stereocenters. The van der Waals surface area contributed by atoms with Crippen molar-refractivity contribution in [2.24, 2.45) is 5.92 Å². The van der Waals surface area contributed by atoms with Gasteiger partial charge in [0.25, 0.3) is 0 Å². The van der Waals surface area contributed by atoms with Gasteiger partial charge in [0.2, 0.25) is 0 Å². The molecule has 0 bridgehead atoms. The molecular weight excluding hydrogens is 278 g/mol. The first-order valence-electron chi connectivity index (χ1n) is 7.56. The van der Waals surface area contributed by atoms with Crippen LogP contribution < -0.4 is 0 Å². The molecule has 0 spiro atoms. The lowest BCUT2D eigenvalue weighted by Crippen LogP contribution is -2.50. The number of allylic oxidation sites excluding steroid dienone is 1. The lowest BCUT2D eigenvalue weighted by Gasteiger charge is -2.39. The van der Waals surface area contributed by atoms with E-state index >= 15 is 0 Å². The smallest absolute Gasteiger partial charge is 0.408 e. The van der Waals surface area contributed by atoms with Crippen LogP contribution in [-0.4, -0.2) is 35.8 Å². The van der Waals surface area contributed by atoms with Crippen LogP contribution in [0.3, 0.4) is 0 Å². The minimum absolute atomic E-state index is 0.140. The van der Waals surface area contributed by atoms with Crippen LogP contribution in [0.5, 0.6) is 0 Å². The minimum Gasteiger partial charge on any atom is -0.465 e. The van der Waals surface area contributed by atoms with Crippen LogP contribution in [0.1, 0.15) is 41.0 Å². The Labute approximate surface area is 131 Å². The Kier molecular flexibility index (Phi) is 7.25. The first-order chi connectivity index (χ1) is 9.34. The highest BCUT2D eigenvalue weighted by atomic mass is 28.3. The maximum Gasteiger partial charge on any atom is 0.408 e. The molecule has 0 aliphatic carbocycles. The average molecular weight is 310 g/mol. The molecule has 4 heteroatoms. The zero-order chi connectivity index (χ0) is 16.8. The van der Waals surface area contributed by atoms with Crippen molar-refractivity contribution in [1.29, 1.82) is 0 Å². The fourth-order valence-corrected chi connectivity index (χ4v) is 2.61. The van der Waals surface area contributed by atoms with Crippen LogP contribution in [0.2, 0.25) is 19.6 Å². The SMILES string of the molecule is CC(C)C[C@@H](/C=C/C#C[Si](C)(C)C)N(C(=O)O)C(C)(C)C. The second-order valence-corrected chi connectivity index (χ2v) is 12.6. The van der Waals surface area contributed by atoms with Crippen LogP contribution in [0.25, 0.3) is 0 Å². The minimum atomic E-state index is -1.39. The van der Waals surface area contributed by atoms with Crippen molar-refractivity contribution in [2.45, 2.75) is 72.3 Å². The van der Waals surface area contributed by atoms with Gasteiger partial charge in [-0.25, -0.2) is 4.79 Å². The van der Waals surface area contributed by atoms with Crippen molar-refractivity contribution in [2.75, 3.05) is 0 Å². The molecule has 1 N–H and O–H groups in total. The van der Waals surface area contributed by atoms with Gasteiger partial charge in [-0.2, -0.15) is 0 Å². The summed E-state index contributed by atoms with van der Waals surface area (Å²) in [6.07, 6.45) is 3.68. The lowest BCUT2D eigenvalue weighted by atomic mass is 9.97. The van der Waals surface area contributed by atoms with E-state index in [1.165, 1.54) is 4.90 Å². The number of amides is 1. The Hall–Kier alpha value is -1.21. The van der Waals surface area contributed by atoms with Crippen molar-refractivity contribution < 1.29 is 9.90 Å². The Bertz CT molecular complexity index is 430. The van der Waals surface area contributed by atoms with Gasteiger partial charge in [0.05, 0.1) is 6.04 Å². The summed E-state index contributed by atoms with van der Waals surface area (Å²) in [5, 5.41) is 9.54. The summed E-state index contributed by atoms with van der Waals surface area (Å²) < 4.78 is 0. The zero-order valence-corrected chi connectivity index (χ0v) is 15.8. The van der Waals surface area contributed by atoms with Gasteiger partial charge in [-0.1, -0.05) is 45.5 Å². The van der Waals surface area contributed by atoms with Crippen molar-refractivity contribution >= 4 is 14.2 Å². The van der Waals surface area contributed by atoms with E-state index in [4.69, 9.17) is 0 Å². The highest BCUT2D eigenvalue weighted by Gasteiger charge is 2.32. The molecule has 0 radical (unpaired) electrons. The summed E-state index contributed by atoms with van der Waals surface area (Å²) in [5.41, 5.74) is 2.84. The van der Waals surface area contributed by atoms with E-state index in [9.17, 15) is 9.90 Å². The van der Waals surface area contributed by atoms with E-state index in [0.717, 1.165) is 6.42 Å². The van der Waals surface area contributed by atoms with E-state index in [2.05, 4.69) is 45.0 Å². The van der Waals surface area contributed by atoms with Gasteiger partial charge in [0.15, 0.2) is 0 Å². The van der Waals surface area contributed by atoms with Gasteiger partial charge >= 0.3 is 6.09 Å². The second kappa shape index (κ2) is 7.70. The summed E-state index contributed by atoms with van der Waals surface area (Å²) >= 11 is 0. The highest BCUT2D eigenvalue weighted by Crippen LogP contribution is 2.22. The second-order valence-electron chi connectivity index (χ2n) is 7.90. The predicted octanol–water partition coefficient (Wildman–Crippen LogP) is 4.62. The summed E-state index contributed by atoms with van der Waals surface area (Å²) in [6.45, 7) is 16.6. The van der Waals surface area contributed by atoms with Gasteiger partial charge in [0.1, 0.15) is 8.07 Å². The molecule has 0 fully saturated rings. The number of rotatable bonds is 4. The van der Waals surface area contributed by atoms with Crippen molar-refractivity contribution in [3.63, 3.8) is 0 Å². The third-order valence-electron chi connectivity index (χ3n) is 2.82. The third-order valence-corrected chi connectivity index (χ3v) is 3.72. The number of nitrogens with zero attached hydrogens (tertiary/aromatic N) is 1. The fraction of sp³-hybridized carbons (Fsp3) is 0.706. The van der Waals surface area contributed by atoms with E-state index in [1.807, 2.05) is 32.9 Å². The van der Waals surface area contributed by atoms with E-state index in [0.29, 0.717) is 5.92 Å². The molecule has 0 aromatic carbocycles.